The summed E-state index contributed by atoms with van der Waals surface area (Å²) in [5.41, 5.74) is -0.201. The Morgan fingerprint density at radius 3 is 2.52 bits per heavy atom. The SMILES string of the molecule is CCN(CC)c1ncc(CNC(C)C(=O)NC(C)(C)C)s1. The molecule has 21 heavy (non-hydrogen) atoms. The molecule has 0 bridgehead atoms. The number of aromatic nitrogens is 1. The highest BCUT2D eigenvalue weighted by molar-refractivity contribution is 7.15. The van der Waals surface area contributed by atoms with Crippen LogP contribution in [0.15, 0.2) is 6.20 Å². The first-order valence-electron chi connectivity index (χ1n) is 7.51. The topological polar surface area (TPSA) is 57.3 Å². The summed E-state index contributed by atoms with van der Waals surface area (Å²) in [7, 11) is 0. The van der Waals surface area contributed by atoms with Gasteiger partial charge in [0.25, 0.3) is 0 Å². The van der Waals surface area contributed by atoms with Crippen LogP contribution < -0.4 is 15.5 Å². The van der Waals surface area contributed by atoms with Gasteiger partial charge in [0.05, 0.1) is 6.04 Å². The van der Waals surface area contributed by atoms with E-state index in [0.717, 1.165) is 23.1 Å². The molecule has 0 aliphatic carbocycles. The van der Waals surface area contributed by atoms with Gasteiger partial charge in [-0.2, -0.15) is 0 Å². The van der Waals surface area contributed by atoms with Gasteiger partial charge in [-0.1, -0.05) is 0 Å². The summed E-state index contributed by atoms with van der Waals surface area (Å²) >= 11 is 1.68. The third-order valence-electron chi connectivity index (χ3n) is 3.05. The number of thiazole rings is 1. The van der Waals surface area contributed by atoms with Crippen molar-refractivity contribution in [3.05, 3.63) is 11.1 Å². The van der Waals surface area contributed by atoms with Gasteiger partial charge in [-0.05, 0) is 41.5 Å². The maximum Gasteiger partial charge on any atom is 0.237 e. The van der Waals surface area contributed by atoms with Crippen LogP contribution in [0.3, 0.4) is 0 Å². The smallest absolute Gasteiger partial charge is 0.237 e. The molecule has 0 aliphatic rings. The van der Waals surface area contributed by atoms with E-state index in [1.807, 2.05) is 33.9 Å². The molecule has 0 aliphatic heterocycles. The molecule has 2 N–H and O–H groups in total. The Hall–Kier alpha value is -1.14. The van der Waals surface area contributed by atoms with E-state index in [9.17, 15) is 4.79 Å². The average Bonchev–Trinajstić information content (AvgIpc) is 2.84. The molecule has 1 atom stereocenters. The second-order valence-electron chi connectivity index (χ2n) is 6.12. The molecule has 1 rings (SSSR count). The number of hydrogen-bond acceptors (Lipinski definition) is 5. The zero-order valence-electron chi connectivity index (χ0n) is 14.0. The van der Waals surface area contributed by atoms with E-state index in [2.05, 4.69) is 34.4 Å². The van der Waals surface area contributed by atoms with Gasteiger partial charge >= 0.3 is 0 Å². The Kier molecular flexibility index (Phi) is 6.61. The summed E-state index contributed by atoms with van der Waals surface area (Å²) in [6.45, 7) is 14.7. The van der Waals surface area contributed by atoms with E-state index in [-0.39, 0.29) is 17.5 Å². The first kappa shape index (κ1) is 17.9. The lowest BCUT2D eigenvalue weighted by Crippen LogP contribution is -2.49. The highest BCUT2D eigenvalue weighted by Crippen LogP contribution is 2.22. The van der Waals surface area contributed by atoms with E-state index >= 15 is 0 Å². The fraction of sp³-hybridized carbons (Fsp3) is 0.733. The minimum Gasteiger partial charge on any atom is -0.350 e. The molecule has 6 heteroatoms. The van der Waals surface area contributed by atoms with Crippen molar-refractivity contribution in [1.82, 2.24) is 15.6 Å². The first-order chi connectivity index (χ1) is 9.76. The maximum atomic E-state index is 12.0. The molecule has 120 valence electrons. The average molecular weight is 312 g/mol. The van der Waals surface area contributed by atoms with Crippen LogP contribution in [-0.4, -0.2) is 35.6 Å². The Bertz CT molecular complexity index is 449. The summed E-state index contributed by atoms with van der Waals surface area (Å²) in [4.78, 5) is 19.8. The van der Waals surface area contributed by atoms with E-state index in [1.54, 1.807) is 11.3 Å². The molecule has 0 saturated carbocycles. The van der Waals surface area contributed by atoms with Crippen molar-refractivity contribution in [3.8, 4) is 0 Å². The Balaban J connectivity index is 2.50. The molecule has 1 heterocycles. The molecule has 0 saturated heterocycles. The third-order valence-corrected chi connectivity index (χ3v) is 4.11. The minimum atomic E-state index is -0.219. The van der Waals surface area contributed by atoms with E-state index in [1.165, 1.54) is 0 Å². The second-order valence-corrected chi connectivity index (χ2v) is 7.22. The molecule has 0 spiro atoms. The number of carbonyl (C=O) groups excluding carboxylic acids is 1. The fourth-order valence-corrected chi connectivity index (χ4v) is 2.83. The van der Waals surface area contributed by atoms with Crippen molar-refractivity contribution >= 4 is 22.4 Å². The Morgan fingerprint density at radius 2 is 2.00 bits per heavy atom. The van der Waals surface area contributed by atoms with Crippen LogP contribution in [0.4, 0.5) is 5.13 Å². The van der Waals surface area contributed by atoms with Gasteiger partial charge in [0.15, 0.2) is 5.13 Å². The lowest BCUT2D eigenvalue weighted by Gasteiger charge is -2.23. The van der Waals surface area contributed by atoms with Crippen LogP contribution in [0.2, 0.25) is 0 Å². The number of amides is 1. The number of carbonyl (C=O) groups is 1. The van der Waals surface area contributed by atoms with Crippen molar-refractivity contribution in [2.75, 3.05) is 18.0 Å². The highest BCUT2D eigenvalue weighted by Gasteiger charge is 2.19. The zero-order valence-corrected chi connectivity index (χ0v) is 14.8. The first-order valence-corrected chi connectivity index (χ1v) is 8.33. The number of nitrogens with one attached hydrogen (secondary N) is 2. The van der Waals surface area contributed by atoms with Gasteiger partial charge < -0.3 is 15.5 Å². The molecule has 1 unspecified atom stereocenters. The Labute approximate surface area is 132 Å². The summed E-state index contributed by atoms with van der Waals surface area (Å²) in [6, 6.07) is -0.219. The molecule has 0 fully saturated rings. The third kappa shape index (κ3) is 6.01. The number of anilines is 1. The van der Waals surface area contributed by atoms with Crippen molar-refractivity contribution < 1.29 is 4.79 Å². The number of rotatable bonds is 7. The maximum absolute atomic E-state index is 12.0. The number of hydrogen-bond donors (Lipinski definition) is 2. The minimum absolute atomic E-state index is 0.0241. The molecule has 0 radical (unpaired) electrons. The number of nitrogens with zero attached hydrogens (tertiary/aromatic N) is 2. The van der Waals surface area contributed by atoms with Crippen LogP contribution in [0.5, 0.6) is 0 Å². The molecule has 5 nitrogen and oxygen atoms in total. The summed E-state index contributed by atoms with van der Waals surface area (Å²) < 4.78 is 0. The molecule has 1 aromatic heterocycles. The van der Waals surface area contributed by atoms with Crippen LogP contribution in [-0.2, 0) is 11.3 Å². The van der Waals surface area contributed by atoms with E-state index < -0.39 is 0 Å². The van der Waals surface area contributed by atoms with Gasteiger partial charge in [-0.3, -0.25) is 4.79 Å². The van der Waals surface area contributed by atoms with Crippen molar-refractivity contribution in [2.45, 2.75) is 59.7 Å². The summed E-state index contributed by atoms with van der Waals surface area (Å²) in [5.74, 6) is 0.0241. The predicted octanol–water partition coefficient (Wildman–Crippen LogP) is 2.38. The van der Waals surface area contributed by atoms with Crippen molar-refractivity contribution in [1.29, 1.82) is 0 Å². The van der Waals surface area contributed by atoms with Crippen LogP contribution in [0.1, 0.15) is 46.4 Å². The lowest BCUT2D eigenvalue weighted by atomic mass is 10.1. The monoisotopic (exact) mass is 312 g/mol. The predicted molar refractivity (Wildman–Crippen MR) is 89.9 cm³/mol. The van der Waals surface area contributed by atoms with Crippen LogP contribution >= 0.6 is 11.3 Å². The summed E-state index contributed by atoms with van der Waals surface area (Å²) in [5, 5.41) is 7.27. The molecule has 0 aromatic carbocycles. The van der Waals surface area contributed by atoms with Crippen molar-refractivity contribution in [2.24, 2.45) is 0 Å². The largest absolute Gasteiger partial charge is 0.350 e. The summed E-state index contributed by atoms with van der Waals surface area (Å²) in [6.07, 6.45) is 1.89. The normalized spacial score (nSPS) is 13.0. The molecular formula is C15H28N4OS. The lowest BCUT2D eigenvalue weighted by molar-refractivity contribution is -0.124. The highest BCUT2D eigenvalue weighted by atomic mass is 32.1. The van der Waals surface area contributed by atoms with Gasteiger partial charge in [0.2, 0.25) is 5.91 Å². The standard InChI is InChI=1S/C15H28N4OS/c1-7-19(8-2)14-17-10-12(21-14)9-16-11(3)13(20)18-15(4,5)6/h10-11,16H,7-9H2,1-6H3,(H,18,20). The van der Waals surface area contributed by atoms with Gasteiger partial charge in [-0.25, -0.2) is 4.98 Å². The van der Waals surface area contributed by atoms with E-state index in [0.29, 0.717) is 6.54 Å². The van der Waals surface area contributed by atoms with Crippen LogP contribution in [0, 0.1) is 0 Å². The Morgan fingerprint density at radius 1 is 1.38 bits per heavy atom. The van der Waals surface area contributed by atoms with Gasteiger partial charge in [-0.15, -0.1) is 11.3 Å². The van der Waals surface area contributed by atoms with Gasteiger partial charge in [0, 0.05) is 36.2 Å². The molecule has 1 amide bonds. The molecule has 1 aromatic rings. The van der Waals surface area contributed by atoms with Gasteiger partial charge in [0.1, 0.15) is 0 Å². The zero-order chi connectivity index (χ0) is 16.0. The van der Waals surface area contributed by atoms with Crippen molar-refractivity contribution in [3.63, 3.8) is 0 Å². The quantitative estimate of drug-likeness (QED) is 0.811. The van der Waals surface area contributed by atoms with Crippen LogP contribution in [0.25, 0.3) is 0 Å². The second kappa shape index (κ2) is 7.75. The fourth-order valence-electron chi connectivity index (χ4n) is 1.84. The molecular weight excluding hydrogens is 284 g/mol. The van der Waals surface area contributed by atoms with E-state index in [4.69, 9.17) is 0 Å².